The Morgan fingerprint density at radius 3 is 2.83 bits per heavy atom. The lowest BCUT2D eigenvalue weighted by atomic mass is 10.1. The van der Waals surface area contributed by atoms with Gasteiger partial charge in [0.25, 0.3) is 0 Å². The van der Waals surface area contributed by atoms with Crippen molar-refractivity contribution in [1.29, 1.82) is 0 Å². The van der Waals surface area contributed by atoms with Gasteiger partial charge in [-0.25, -0.2) is 9.50 Å². The van der Waals surface area contributed by atoms with Crippen molar-refractivity contribution in [2.45, 2.75) is 12.8 Å². The molecule has 3 rings (SSSR count). The summed E-state index contributed by atoms with van der Waals surface area (Å²) in [5.74, 6) is 0.260. The molecule has 0 aliphatic rings. The average molecular weight is 325 g/mol. The summed E-state index contributed by atoms with van der Waals surface area (Å²) in [6.07, 6.45) is 5.77. The van der Waals surface area contributed by atoms with E-state index in [1.165, 1.54) is 6.33 Å². The fraction of sp³-hybridized carbons (Fsp3) is 0.250. The molecule has 0 spiro atoms. The maximum atomic E-state index is 12.1. The number of nitrogen functional groups attached to an aromatic ring is 1. The van der Waals surface area contributed by atoms with Crippen LogP contribution in [0.2, 0.25) is 0 Å². The number of nitrogens with one attached hydrogen (secondary N) is 1. The highest BCUT2D eigenvalue weighted by atomic mass is 16.1. The molecule has 24 heavy (non-hydrogen) atoms. The van der Waals surface area contributed by atoms with Crippen LogP contribution in [0.25, 0.3) is 16.8 Å². The van der Waals surface area contributed by atoms with Crippen LogP contribution in [0.3, 0.4) is 0 Å². The van der Waals surface area contributed by atoms with E-state index in [4.69, 9.17) is 11.5 Å². The van der Waals surface area contributed by atoms with E-state index in [1.54, 1.807) is 16.9 Å². The number of hydrogen-bond acceptors (Lipinski definition) is 6. The third kappa shape index (κ3) is 3.18. The van der Waals surface area contributed by atoms with Crippen molar-refractivity contribution in [3.8, 4) is 11.3 Å². The van der Waals surface area contributed by atoms with Crippen LogP contribution in [0.1, 0.15) is 12.0 Å². The number of hydrogen-bond donors (Lipinski definition) is 3. The van der Waals surface area contributed by atoms with Gasteiger partial charge < -0.3 is 16.8 Å². The third-order valence-electron chi connectivity index (χ3n) is 3.69. The Morgan fingerprint density at radius 1 is 1.29 bits per heavy atom. The molecule has 5 N–H and O–H groups in total. The van der Waals surface area contributed by atoms with Crippen molar-refractivity contribution in [2.24, 2.45) is 5.73 Å². The Hall–Kier alpha value is -3.00. The molecule has 0 aromatic carbocycles. The molecule has 3 heterocycles. The van der Waals surface area contributed by atoms with Crippen LogP contribution in [0.5, 0.6) is 0 Å². The van der Waals surface area contributed by atoms with Crippen LogP contribution >= 0.6 is 0 Å². The van der Waals surface area contributed by atoms with Crippen LogP contribution in [0.4, 0.5) is 5.82 Å². The van der Waals surface area contributed by atoms with Gasteiger partial charge in [0.2, 0.25) is 5.91 Å². The first-order valence-electron chi connectivity index (χ1n) is 7.69. The van der Waals surface area contributed by atoms with E-state index in [0.29, 0.717) is 24.4 Å². The summed E-state index contributed by atoms with van der Waals surface area (Å²) in [6.45, 7) is 1.10. The Labute approximate surface area is 138 Å². The molecule has 8 nitrogen and oxygen atoms in total. The molecule has 124 valence electrons. The Balaban J connectivity index is 1.98. The molecule has 0 aliphatic carbocycles. The van der Waals surface area contributed by atoms with Gasteiger partial charge in [0, 0.05) is 24.5 Å². The van der Waals surface area contributed by atoms with Crippen LogP contribution in [0, 0.1) is 0 Å². The van der Waals surface area contributed by atoms with Crippen molar-refractivity contribution < 1.29 is 4.79 Å². The van der Waals surface area contributed by atoms with Crippen molar-refractivity contribution in [3.63, 3.8) is 0 Å². The summed E-state index contributed by atoms with van der Waals surface area (Å²) in [5, 5.41) is 7.12. The van der Waals surface area contributed by atoms with Crippen molar-refractivity contribution in [3.05, 3.63) is 42.5 Å². The highest BCUT2D eigenvalue weighted by Gasteiger charge is 2.17. The second kappa shape index (κ2) is 7.05. The van der Waals surface area contributed by atoms with E-state index >= 15 is 0 Å². The van der Waals surface area contributed by atoms with Gasteiger partial charge in [-0.15, -0.1) is 0 Å². The minimum absolute atomic E-state index is 0.0829. The smallest absolute Gasteiger partial charge is 0.224 e. The molecule has 0 unspecified atom stereocenters. The summed E-state index contributed by atoms with van der Waals surface area (Å²) < 4.78 is 1.71. The molecule has 8 heteroatoms. The number of fused-ring (bicyclic) bond motifs is 1. The Kier molecular flexibility index (Phi) is 4.66. The van der Waals surface area contributed by atoms with E-state index in [1.807, 2.05) is 18.2 Å². The largest absolute Gasteiger partial charge is 0.382 e. The zero-order valence-corrected chi connectivity index (χ0v) is 13.1. The number of nitrogens with two attached hydrogens (primary N) is 2. The standard InChI is InChI=1S/C16H19N7O/c17-4-1-5-20-14(24)9-12-8-13(11-2-6-19-7-3-11)23-15(12)16(18)21-10-22-23/h2-3,6-8,10H,1,4-5,9,17H2,(H,20,24)(H2,18,21,22). The molecule has 0 radical (unpaired) electrons. The predicted molar refractivity (Wildman–Crippen MR) is 91.0 cm³/mol. The van der Waals surface area contributed by atoms with Gasteiger partial charge in [-0.1, -0.05) is 0 Å². The van der Waals surface area contributed by atoms with E-state index in [-0.39, 0.29) is 12.3 Å². The van der Waals surface area contributed by atoms with E-state index in [2.05, 4.69) is 20.4 Å². The molecule has 1 amide bonds. The first-order chi connectivity index (χ1) is 11.7. The van der Waals surface area contributed by atoms with Gasteiger partial charge >= 0.3 is 0 Å². The molecule has 0 saturated carbocycles. The second-order valence-electron chi connectivity index (χ2n) is 5.37. The summed E-state index contributed by atoms with van der Waals surface area (Å²) in [6, 6.07) is 5.68. The molecule has 0 atom stereocenters. The van der Waals surface area contributed by atoms with Gasteiger partial charge in [0.1, 0.15) is 11.8 Å². The molecule has 0 saturated heterocycles. The quantitative estimate of drug-likeness (QED) is 0.563. The van der Waals surface area contributed by atoms with Gasteiger partial charge in [0.15, 0.2) is 5.82 Å². The molecule has 3 aromatic heterocycles. The lowest BCUT2D eigenvalue weighted by molar-refractivity contribution is -0.120. The number of rotatable bonds is 6. The van der Waals surface area contributed by atoms with Crippen molar-refractivity contribution in [1.82, 2.24) is 24.9 Å². The lowest BCUT2D eigenvalue weighted by Crippen LogP contribution is -2.27. The maximum absolute atomic E-state index is 12.1. The van der Waals surface area contributed by atoms with Gasteiger partial charge in [-0.3, -0.25) is 9.78 Å². The summed E-state index contributed by atoms with van der Waals surface area (Å²) in [7, 11) is 0. The summed E-state index contributed by atoms with van der Waals surface area (Å²) in [4.78, 5) is 20.2. The monoisotopic (exact) mass is 325 g/mol. The van der Waals surface area contributed by atoms with Crippen molar-refractivity contribution >= 4 is 17.2 Å². The predicted octanol–water partition coefficient (Wildman–Crippen LogP) is 0.381. The highest BCUT2D eigenvalue weighted by Crippen LogP contribution is 2.27. The van der Waals surface area contributed by atoms with Gasteiger partial charge in [-0.2, -0.15) is 5.10 Å². The lowest BCUT2D eigenvalue weighted by Gasteiger charge is -2.04. The Morgan fingerprint density at radius 2 is 2.08 bits per heavy atom. The fourth-order valence-corrected chi connectivity index (χ4v) is 2.57. The van der Waals surface area contributed by atoms with Crippen LogP contribution in [-0.2, 0) is 11.2 Å². The molecule has 3 aromatic rings. The van der Waals surface area contributed by atoms with E-state index < -0.39 is 0 Å². The van der Waals surface area contributed by atoms with Crippen LogP contribution in [-0.4, -0.2) is 38.6 Å². The zero-order valence-electron chi connectivity index (χ0n) is 13.1. The van der Waals surface area contributed by atoms with Gasteiger partial charge in [0.05, 0.1) is 12.1 Å². The minimum Gasteiger partial charge on any atom is -0.382 e. The molecular weight excluding hydrogens is 306 g/mol. The summed E-state index contributed by atoms with van der Waals surface area (Å²) >= 11 is 0. The Bertz CT molecular complexity index is 844. The fourth-order valence-electron chi connectivity index (χ4n) is 2.57. The number of anilines is 1. The minimum atomic E-state index is -0.0829. The normalized spacial score (nSPS) is 10.9. The number of nitrogens with zero attached hydrogens (tertiary/aromatic N) is 4. The number of amides is 1. The first kappa shape index (κ1) is 15.9. The molecule has 0 bridgehead atoms. The van der Waals surface area contributed by atoms with Crippen molar-refractivity contribution in [2.75, 3.05) is 18.8 Å². The second-order valence-corrected chi connectivity index (χ2v) is 5.37. The third-order valence-corrected chi connectivity index (χ3v) is 3.69. The zero-order chi connectivity index (χ0) is 16.9. The van der Waals surface area contributed by atoms with E-state index in [9.17, 15) is 4.79 Å². The number of carbonyl (C=O) groups is 1. The van der Waals surface area contributed by atoms with Crippen LogP contribution < -0.4 is 16.8 Å². The molecule has 0 aliphatic heterocycles. The SMILES string of the molecule is NCCCNC(=O)Cc1cc(-c2ccncc2)n2ncnc(N)c12. The first-order valence-corrected chi connectivity index (χ1v) is 7.69. The molecular formula is C16H19N7O. The average Bonchev–Trinajstić information content (AvgIpc) is 2.96. The molecule has 0 fully saturated rings. The summed E-state index contributed by atoms with van der Waals surface area (Å²) in [5.41, 5.74) is 14.7. The number of aromatic nitrogens is 4. The number of carbonyl (C=O) groups excluding carboxylic acids is 1. The van der Waals surface area contributed by atoms with E-state index in [0.717, 1.165) is 23.2 Å². The number of pyridine rings is 1. The van der Waals surface area contributed by atoms with Crippen LogP contribution in [0.15, 0.2) is 36.9 Å². The highest BCUT2D eigenvalue weighted by molar-refractivity contribution is 5.86. The maximum Gasteiger partial charge on any atom is 0.224 e. The topological polar surface area (TPSA) is 124 Å². The van der Waals surface area contributed by atoms with Gasteiger partial charge in [-0.05, 0) is 36.7 Å².